The zero-order valence-electron chi connectivity index (χ0n) is 18.3. The molecular weight excluding hydrogens is 432 g/mol. The van der Waals surface area contributed by atoms with Crippen LogP contribution in [0.2, 0.25) is 0 Å². The number of para-hydroxylation sites is 1. The molecule has 0 atom stereocenters. The molecule has 5 rings (SSSR count). The summed E-state index contributed by atoms with van der Waals surface area (Å²) in [6.07, 6.45) is 7.08. The first kappa shape index (κ1) is 21.5. The summed E-state index contributed by atoms with van der Waals surface area (Å²) in [7, 11) is 0. The number of hydrogen-bond donors (Lipinski definition) is 1. The number of carbonyl (C=O) groups excluding carboxylic acids is 1. The van der Waals surface area contributed by atoms with Crippen molar-refractivity contribution >= 4 is 23.5 Å². The van der Waals surface area contributed by atoms with Crippen molar-refractivity contribution < 1.29 is 4.79 Å². The van der Waals surface area contributed by atoms with Crippen molar-refractivity contribution in [2.75, 3.05) is 11.1 Å². The van der Waals surface area contributed by atoms with Crippen LogP contribution in [0.1, 0.15) is 43.1 Å². The van der Waals surface area contributed by atoms with E-state index in [4.69, 9.17) is 0 Å². The van der Waals surface area contributed by atoms with Crippen LogP contribution in [0.5, 0.6) is 0 Å². The van der Waals surface area contributed by atoms with Gasteiger partial charge in [-0.3, -0.25) is 9.36 Å². The van der Waals surface area contributed by atoms with Gasteiger partial charge in [0.2, 0.25) is 5.91 Å². The quantitative estimate of drug-likeness (QED) is 0.380. The largest absolute Gasteiger partial charge is 0.310 e. The second-order valence-corrected chi connectivity index (χ2v) is 9.11. The van der Waals surface area contributed by atoms with Crippen molar-refractivity contribution in [2.45, 2.75) is 43.3 Å². The van der Waals surface area contributed by atoms with E-state index in [1.54, 1.807) is 6.20 Å². The summed E-state index contributed by atoms with van der Waals surface area (Å²) >= 11 is 1.39. The number of carbonyl (C=O) groups is 1. The molecule has 8 heteroatoms. The van der Waals surface area contributed by atoms with Gasteiger partial charge in [0.05, 0.1) is 18.0 Å². The van der Waals surface area contributed by atoms with Gasteiger partial charge in [-0.2, -0.15) is 5.10 Å². The van der Waals surface area contributed by atoms with Gasteiger partial charge in [-0.05, 0) is 30.5 Å². The topological polar surface area (TPSA) is 77.6 Å². The molecular formula is C25H26N6OS. The maximum absolute atomic E-state index is 12.8. The van der Waals surface area contributed by atoms with Crippen LogP contribution in [0, 0.1) is 0 Å². The Hall–Kier alpha value is -3.39. The van der Waals surface area contributed by atoms with Crippen LogP contribution in [-0.2, 0) is 11.2 Å². The molecule has 2 heterocycles. The van der Waals surface area contributed by atoms with E-state index < -0.39 is 0 Å². The van der Waals surface area contributed by atoms with Gasteiger partial charge in [0.15, 0.2) is 5.16 Å². The highest BCUT2D eigenvalue weighted by molar-refractivity contribution is 7.99. The van der Waals surface area contributed by atoms with Crippen molar-refractivity contribution in [3.8, 4) is 5.69 Å². The van der Waals surface area contributed by atoms with Gasteiger partial charge < -0.3 is 5.32 Å². The predicted molar refractivity (Wildman–Crippen MR) is 130 cm³/mol. The lowest BCUT2D eigenvalue weighted by Crippen LogP contribution is -2.19. The molecule has 0 unspecified atom stereocenters. The maximum Gasteiger partial charge on any atom is 0.235 e. The summed E-state index contributed by atoms with van der Waals surface area (Å²) < 4.78 is 3.99. The fraction of sp³-hybridized carbons (Fsp3) is 0.280. The number of nitrogens with zero attached hydrogens (tertiary/aromatic N) is 5. The molecule has 1 aliphatic rings. The molecule has 0 radical (unpaired) electrons. The van der Waals surface area contributed by atoms with Crippen LogP contribution < -0.4 is 5.32 Å². The van der Waals surface area contributed by atoms with E-state index in [9.17, 15) is 4.79 Å². The van der Waals surface area contributed by atoms with Crippen LogP contribution in [-0.4, -0.2) is 36.2 Å². The smallest absolute Gasteiger partial charge is 0.235 e. The number of aromatic nitrogens is 5. The highest BCUT2D eigenvalue weighted by Crippen LogP contribution is 2.31. The predicted octanol–water partition coefficient (Wildman–Crippen LogP) is 4.90. The SMILES string of the molecule is O=C(CSc1nnc(Cc2ccccc2)n1-c1ccccc1)Nc1ccnn1C1CCCC1. The van der Waals surface area contributed by atoms with Gasteiger partial charge in [-0.15, -0.1) is 10.2 Å². The monoisotopic (exact) mass is 458 g/mol. The highest BCUT2D eigenvalue weighted by Gasteiger charge is 2.21. The molecule has 4 aromatic rings. The van der Waals surface area contributed by atoms with Gasteiger partial charge in [-0.1, -0.05) is 73.1 Å². The summed E-state index contributed by atoms with van der Waals surface area (Å²) in [4.78, 5) is 12.8. The minimum Gasteiger partial charge on any atom is -0.310 e. The van der Waals surface area contributed by atoms with E-state index in [0.717, 1.165) is 35.7 Å². The Morgan fingerprint density at radius 3 is 2.45 bits per heavy atom. The second kappa shape index (κ2) is 10.0. The third-order valence-electron chi connectivity index (χ3n) is 5.86. The Bertz CT molecular complexity index is 1200. The van der Waals surface area contributed by atoms with E-state index in [1.807, 2.05) is 63.8 Å². The normalized spacial score (nSPS) is 13.9. The first-order valence-electron chi connectivity index (χ1n) is 11.3. The van der Waals surface area contributed by atoms with E-state index in [0.29, 0.717) is 17.6 Å². The summed E-state index contributed by atoms with van der Waals surface area (Å²) in [5.41, 5.74) is 2.15. The maximum atomic E-state index is 12.8. The Labute approximate surface area is 197 Å². The third-order valence-corrected chi connectivity index (χ3v) is 6.79. The average molecular weight is 459 g/mol. The number of hydrogen-bond acceptors (Lipinski definition) is 5. The minimum atomic E-state index is -0.0769. The molecule has 1 aliphatic carbocycles. The lowest BCUT2D eigenvalue weighted by atomic mass is 10.1. The lowest BCUT2D eigenvalue weighted by molar-refractivity contribution is -0.113. The number of rotatable bonds is 8. The second-order valence-electron chi connectivity index (χ2n) is 8.17. The van der Waals surface area contributed by atoms with Crippen LogP contribution >= 0.6 is 11.8 Å². The van der Waals surface area contributed by atoms with Crippen molar-refractivity contribution in [3.05, 3.63) is 84.3 Å². The molecule has 2 aromatic heterocycles. The molecule has 0 aliphatic heterocycles. The standard InChI is InChI=1S/C25H26N6OS/c32-24(27-22-15-16-26-31(22)21-13-7-8-14-21)18-33-25-29-28-23(17-19-9-3-1-4-10-19)30(25)20-11-5-2-6-12-20/h1-6,9-12,15-16,21H,7-8,13-14,17-18H2,(H,27,32). The first-order chi connectivity index (χ1) is 16.3. The first-order valence-corrected chi connectivity index (χ1v) is 12.3. The van der Waals surface area contributed by atoms with Crippen molar-refractivity contribution in [1.29, 1.82) is 0 Å². The molecule has 2 aromatic carbocycles. The summed E-state index contributed by atoms with van der Waals surface area (Å²) in [6.45, 7) is 0. The molecule has 0 spiro atoms. The van der Waals surface area contributed by atoms with Crippen molar-refractivity contribution in [2.24, 2.45) is 0 Å². The molecule has 33 heavy (non-hydrogen) atoms. The molecule has 0 bridgehead atoms. The molecule has 7 nitrogen and oxygen atoms in total. The summed E-state index contributed by atoms with van der Waals surface area (Å²) in [5, 5.41) is 17.0. The van der Waals surface area contributed by atoms with Crippen molar-refractivity contribution in [3.63, 3.8) is 0 Å². The van der Waals surface area contributed by atoms with Crippen LogP contribution in [0.4, 0.5) is 5.82 Å². The van der Waals surface area contributed by atoms with Gasteiger partial charge in [-0.25, -0.2) is 4.68 Å². The molecule has 1 amide bonds. The summed E-state index contributed by atoms with van der Waals surface area (Å²) in [6, 6.07) is 22.5. The van der Waals surface area contributed by atoms with Crippen molar-refractivity contribution in [1.82, 2.24) is 24.5 Å². The van der Waals surface area contributed by atoms with Crippen LogP contribution in [0.15, 0.2) is 78.1 Å². The van der Waals surface area contributed by atoms with Crippen LogP contribution in [0.25, 0.3) is 5.69 Å². The molecule has 168 valence electrons. The van der Waals surface area contributed by atoms with E-state index >= 15 is 0 Å². The molecule has 1 saturated carbocycles. The zero-order chi connectivity index (χ0) is 22.5. The fourth-order valence-corrected chi connectivity index (χ4v) is 5.06. The Balaban J connectivity index is 1.31. The Morgan fingerprint density at radius 2 is 1.70 bits per heavy atom. The van der Waals surface area contributed by atoms with Gasteiger partial charge in [0.25, 0.3) is 0 Å². The summed E-state index contributed by atoms with van der Waals surface area (Å²) in [5.74, 6) is 1.77. The number of anilines is 1. The zero-order valence-corrected chi connectivity index (χ0v) is 19.1. The van der Waals surface area contributed by atoms with Crippen LogP contribution in [0.3, 0.4) is 0 Å². The number of nitrogens with one attached hydrogen (secondary N) is 1. The molecule has 1 N–H and O–H groups in total. The minimum absolute atomic E-state index is 0.0769. The lowest BCUT2D eigenvalue weighted by Gasteiger charge is -2.14. The van der Waals surface area contributed by atoms with Gasteiger partial charge in [0, 0.05) is 18.2 Å². The van der Waals surface area contributed by atoms with Gasteiger partial charge >= 0.3 is 0 Å². The van der Waals surface area contributed by atoms with E-state index in [2.05, 4.69) is 32.7 Å². The molecule has 1 fully saturated rings. The third kappa shape index (κ3) is 5.01. The van der Waals surface area contributed by atoms with Gasteiger partial charge in [0.1, 0.15) is 11.6 Å². The molecule has 0 saturated heterocycles. The van der Waals surface area contributed by atoms with E-state index in [-0.39, 0.29) is 11.7 Å². The fourth-order valence-electron chi connectivity index (χ4n) is 4.29. The Morgan fingerprint density at radius 1 is 0.970 bits per heavy atom. The number of benzene rings is 2. The number of amides is 1. The highest BCUT2D eigenvalue weighted by atomic mass is 32.2. The van der Waals surface area contributed by atoms with E-state index in [1.165, 1.54) is 24.6 Å². The Kier molecular flexibility index (Phi) is 6.53. The number of thioether (sulfide) groups is 1. The average Bonchev–Trinajstić information content (AvgIpc) is 3.60.